The van der Waals surface area contributed by atoms with Crippen molar-refractivity contribution in [3.8, 4) is 11.4 Å². The van der Waals surface area contributed by atoms with Gasteiger partial charge in [0.1, 0.15) is 5.82 Å². The minimum Gasteiger partial charge on any atom is -0.449 e. The van der Waals surface area contributed by atoms with E-state index in [1.165, 1.54) is 12.0 Å². The van der Waals surface area contributed by atoms with E-state index in [4.69, 9.17) is 21.3 Å². The third-order valence-electron chi connectivity index (χ3n) is 6.27. The van der Waals surface area contributed by atoms with Crippen molar-refractivity contribution in [3.05, 3.63) is 53.1 Å². The van der Waals surface area contributed by atoms with Gasteiger partial charge >= 0.3 is 6.09 Å². The first-order valence-electron chi connectivity index (χ1n) is 11.8. The molecule has 0 saturated carbocycles. The molecule has 1 saturated heterocycles. The summed E-state index contributed by atoms with van der Waals surface area (Å²) in [6, 6.07) is 14.1. The molecule has 5 nitrogen and oxygen atoms in total. The number of carbonyl (C=O) groups is 1. The van der Waals surface area contributed by atoms with Crippen molar-refractivity contribution in [2.45, 2.75) is 51.9 Å². The van der Waals surface area contributed by atoms with Crippen LogP contribution in [0.3, 0.4) is 0 Å². The molecule has 0 aliphatic carbocycles. The smallest absolute Gasteiger partial charge is 0.409 e. The summed E-state index contributed by atoms with van der Waals surface area (Å²) in [6.45, 7) is 4.27. The van der Waals surface area contributed by atoms with Crippen LogP contribution in [0.15, 0.2) is 42.5 Å². The number of imidazole rings is 1. The van der Waals surface area contributed by atoms with E-state index in [1.807, 2.05) is 29.2 Å². The van der Waals surface area contributed by atoms with Gasteiger partial charge in [-0.15, -0.1) is 0 Å². The summed E-state index contributed by atoms with van der Waals surface area (Å²) in [5, 5.41) is 0.723. The third kappa shape index (κ3) is 5.63. The molecule has 1 atom stereocenters. The number of nitrogens with one attached hydrogen (secondary N) is 1. The number of amides is 1. The average Bonchev–Trinajstić information content (AvgIpc) is 3.25. The van der Waals surface area contributed by atoms with Gasteiger partial charge in [0.25, 0.3) is 0 Å². The van der Waals surface area contributed by atoms with Crippen molar-refractivity contribution in [1.82, 2.24) is 14.9 Å². The van der Waals surface area contributed by atoms with Crippen molar-refractivity contribution in [2.24, 2.45) is 5.92 Å². The highest BCUT2D eigenvalue weighted by molar-refractivity contribution is 6.30. The molecule has 1 N–H and O–H groups in total. The number of halogens is 1. The normalized spacial score (nSPS) is 16.4. The summed E-state index contributed by atoms with van der Waals surface area (Å²) in [7, 11) is 0. The molecule has 0 radical (unpaired) electrons. The Morgan fingerprint density at radius 2 is 2.06 bits per heavy atom. The topological polar surface area (TPSA) is 58.2 Å². The number of H-pyrrole nitrogens is 1. The van der Waals surface area contributed by atoms with Crippen LogP contribution >= 0.6 is 11.6 Å². The second-order valence-corrected chi connectivity index (χ2v) is 9.16. The molecule has 2 aromatic carbocycles. The lowest BCUT2D eigenvalue weighted by Crippen LogP contribution is -2.40. The molecule has 170 valence electrons. The van der Waals surface area contributed by atoms with Crippen LogP contribution in [0.5, 0.6) is 0 Å². The molecule has 4 rings (SSSR count). The molecular formula is C26H32ClN3O2. The molecule has 0 spiro atoms. The number of unbranched alkanes of at least 4 members (excludes halogenated alkanes) is 1. The SMILES string of the molecule is CCCCOC(=O)N1CCCC(CCCc2cccc3[nH]c(-c4ccc(Cl)cc4)nc23)C1. The maximum Gasteiger partial charge on any atom is 0.409 e. The van der Waals surface area contributed by atoms with Gasteiger partial charge in [0, 0.05) is 23.7 Å². The number of aryl methyl sites for hydroxylation is 1. The van der Waals surface area contributed by atoms with Gasteiger partial charge in [0.2, 0.25) is 0 Å². The lowest BCUT2D eigenvalue weighted by molar-refractivity contribution is 0.0820. The van der Waals surface area contributed by atoms with Crippen LogP contribution in [0, 0.1) is 5.92 Å². The number of carbonyl (C=O) groups excluding carboxylic acids is 1. The number of aromatic nitrogens is 2. The van der Waals surface area contributed by atoms with Gasteiger partial charge < -0.3 is 14.6 Å². The number of nitrogens with zero attached hydrogens (tertiary/aromatic N) is 2. The van der Waals surface area contributed by atoms with E-state index >= 15 is 0 Å². The molecule has 1 aliphatic rings. The first-order chi connectivity index (χ1) is 15.6. The van der Waals surface area contributed by atoms with Gasteiger partial charge in [-0.3, -0.25) is 0 Å². The second-order valence-electron chi connectivity index (χ2n) is 8.72. The number of likely N-dealkylation sites (tertiary alicyclic amines) is 1. The van der Waals surface area contributed by atoms with E-state index in [9.17, 15) is 4.79 Å². The number of piperidine rings is 1. The van der Waals surface area contributed by atoms with Crippen molar-refractivity contribution >= 4 is 28.7 Å². The largest absolute Gasteiger partial charge is 0.449 e. The van der Waals surface area contributed by atoms with Crippen LogP contribution in [0.4, 0.5) is 4.79 Å². The standard InChI is InChI=1S/C26H32ClN3O2/c1-2-3-17-32-26(31)30-16-6-8-19(18-30)7-4-9-20-10-5-11-23-24(20)29-25(28-23)21-12-14-22(27)15-13-21/h5,10-15,19H,2-4,6-9,16-18H2,1H3,(H,28,29). The fraction of sp³-hybridized carbons (Fsp3) is 0.462. The highest BCUT2D eigenvalue weighted by Gasteiger charge is 2.24. The van der Waals surface area contributed by atoms with Crippen LogP contribution in [0.2, 0.25) is 5.02 Å². The van der Waals surface area contributed by atoms with Gasteiger partial charge in [-0.25, -0.2) is 9.78 Å². The molecule has 6 heteroatoms. The second kappa shape index (κ2) is 10.9. The molecule has 1 unspecified atom stereocenters. The monoisotopic (exact) mass is 453 g/mol. The lowest BCUT2D eigenvalue weighted by Gasteiger charge is -2.32. The fourth-order valence-electron chi connectivity index (χ4n) is 4.48. The molecule has 2 heterocycles. The van der Waals surface area contributed by atoms with Crippen LogP contribution in [-0.2, 0) is 11.2 Å². The molecule has 1 aromatic heterocycles. The highest BCUT2D eigenvalue weighted by Crippen LogP contribution is 2.27. The van der Waals surface area contributed by atoms with Gasteiger partial charge in [0.15, 0.2) is 0 Å². The third-order valence-corrected chi connectivity index (χ3v) is 6.53. The summed E-state index contributed by atoms with van der Waals surface area (Å²) in [6.07, 6.45) is 7.27. The van der Waals surface area contributed by atoms with E-state index in [1.54, 1.807) is 0 Å². The Kier molecular flexibility index (Phi) is 7.69. The molecular weight excluding hydrogens is 422 g/mol. The van der Waals surface area contributed by atoms with Gasteiger partial charge in [-0.05, 0) is 80.3 Å². The molecule has 1 fully saturated rings. The van der Waals surface area contributed by atoms with E-state index in [-0.39, 0.29) is 6.09 Å². The van der Waals surface area contributed by atoms with Crippen LogP contribution in [0.25, 0.3) is 22.4 Å². The molecule has 0 bridgehead atoms. The number of para-hydroxylation sites is 1. The highest BCUT2D eigenvalue weighted by atomic mass is 35.5. The van der Waals surface area contributed by atoms with Gasteiger partial charge in [-0.2, -0.15) is 0 Å². The number of rotatable bonds is 8. The Balaban J connectivity index is 1.34. The number of hydrogen-bond acceptors (Lipinski definition) is 3. The number of benzene rings is 2. The molecule has 32 heavy (non-hydrogen) atoms. The Bertz CT molecular complexity index is 1030. The van der Waals surface area contributed by atoms with E-state index in [2.05, 4.69) is 30.1 Å². The average molecular weight is 454 g/mol. The van der Waals surface area contributed by atoms with Crippen LogP contribution in [-0.4, -0.2) is 40.7 Å². The zero-order chi connectivity index (χ0) is 22.3. The quantitative estimate of drug-likeness (QED) is 0.379. The van der Waals surface area contributed by atoms with Gasteiger partial charge in [0.05, 0.1) is 17.6 Å². The minimum atomic E-state index is -0.140. The number of ether oxygens (including phenoxy) is 1. The van der Waals surface area contributed by atoms with E-state index in [0.717, 1.165) is 79.1 Å². The number of aromatic amines is 1. The molecule has 1 amide bonds. The maximum atomic E-state index is 12.3. The van der Waals surface area contributed by atoms with Crippen molar-refractivity contribution in [1.29, 1.82) is 0 Å². The summed E-state index contributed by atoms with van der Waals surface area (Å²) in [5.41, 5.74) is 4.41. The summed E-state index contributed by atoms with van der Waals surface area (Å²) >= 11 is 6.02. The predicted octanol–water partition coefficient (Wildman–Crippen LogP) is 6.85. The first-order valence-corrected chi connectivity index (χ1v) is 12.2. The maximum absolute atomic E-state index is 12.3. The zero-order valence-electron chi connectivity index (χ0n) is 18.8. The van der Waals surface area contributed by atoms with Crippen molar-refractivity contribution in [2.75, 3.05) is 19.7 Å². The Hall–Kier alpha value is -2.53. The number of fused-ring (bicyclic) bond motifs is 1. The Morgan fingerprint density at radius 1 is 1.22 bits per heavy atom. The minimum absolute atomic E-state index is 0.140. The van der Waals surface area contributed by atoms with Gasteiger partial charge in [-0.1, -0.05) is 37.1 Å². The van der Waals surface area contributed by atoms with Crippen molar-refractivity contribution < 1.29 is 9.53 Å². The summed E-state index contributed by atoms with van der Waals surface area (Å²) in [4.78, 5) is 22.5. The predicted molar refractivity (Wildman–Crippen MR) is 130 cm³/mol. The fourth-order valence-corrected chi connectivity index (χ4v) is 4.61. The van der Waals surface area contributed by atoms with E-state index in [0.29, 0.717) is 12.5 Å². The summed E-state index contributed by atoms with van der Waals surface area (Å²) in [5.74, 6) is 1.42. The lowest BCUT2D eigenvalue weighted by atomic mass is 9.92. The van der Waals surface area contributed by atoms with Crippen LogP contribution in [0.1, 0.15) is 51.0 Å². The zero-order valence-corrected chi connectivity index (χ0v) is 19.5. The summed E-state index contributed by atoms with van der Waals surface area (Å²) < 4.78 is 5.41. The van der Waals surface area contributed by atoms with Crippen LogP contribution < -0.4 is 0 Å². The first kappa shape index (κ1) is 22.7. The number of hydrogen-bond donors (Lipinski definition) is 1. The molecule has 1 aliphatic heterocycles. The molecule has 3 aromatic rings. The Morgan fingerprint density at radius 3 is 2.88 bits per heavy atom. The van der Waals surface area contributed by atoms with E-state index < -0.39 is 0 Å². The van der Waals surface area contributed by atoms with Crippen molar-refractivity contribution in [3.63, 3.8) is 0 Å². The Labute approximate surface area is 195 Å².